The molecule has 1 amide bonds. The molecule has 1 aromatic rings. The molecule has 164 valence electrons. The highest BCUT2D eigenvalue weighted by Crippen LogP contribution is 2.24. The van der Waals surface area contributed by atoms with E-state index in [1.165, 1.54) is 4.90 Å². The van der Waals surface area contributed by atoms with Gasteiger partial charge in [-0.25, -0.2) is 4.99 Å². The number of benzene rings is 1. The van der Waals surface area contributed by atoms with Crippen LogP contribution in [0.2, 0.25) is 0 Å². The zero-order valence-electron chi connectivity index (χ0n) is 16.3. The van der Waals surface area contributed by atoms with Crippen molar-refractivity contribution in [3.05, 3.63) is 41.3 Å². The summed E-state index contributed by atoms with van der Waals surface area (Å²) in [5.41, 5.74) is 18.4. The van der Waals surface area contributed by atoms with Crippen LogP contribution in [0.4, 0.5) is 5.69 Å². The summed E-state index contributed by atoms with van der Waals surface area (Å²) in [6, 6.07) is 6.77. The van der Waals surface area contributed by atoms with Gasteiger partial charge in [0.15, 0.2) is 5.70 Å². The number of aliphatic imine (C=N–C) groups is 1. The van der Waals surface area contributed by atoms with Crippen molar-refractivity contribution in [2.24, 2.45) is 22.2 Å². The average Bonchev–Trinajstić information content (AvgIpc) is 2.65. The van der Waals surface area contributed by atoms with E-state index in [-0.39, 0.29) is 41.5 Å². The van der Waals surface area contributed by atoms with Crippen LogP contribution >= 0.6 is 24.0 Å². The summed E-state index contributed by atoms with van der Waals surface area (Å²) in [5.74, 6) is -2.09. The van der Waals surface area contributed by atoms with E-state index in [0.717, 1.165) is 12.8 Å². The minimum absolute atomic E-state index is 0. The Balaban J connectivity index is 0.00000450. The smallest absolute Gasteiger partial charge is 0.307 e. The largest absolute Gasteiger partial charge is 0.481 e. The van der Waals surface area contributed by atoms with Crippen molar-refractivity contribution in [3.63, 3.8) is 0 Å². The highest BCUT2D eigenvalue weighted by molar-refractivity contribution is 6.67. The lowest BCUT2D eigenvalue weighted by molar-refractivity contribution is -0.136. The number of nitrogens with two attached hydrogens (primary N) is 3. The number of carbonyl (C=O) groups excluding carboxylic acids is 1. The van der Waals surface area contributed by atoms with Crippen LogP contribution in [0.25, 0.3) is 0 Å². The Kier molecular flexibility index (Phi) is 9.09. The number of rotatable bonds is 7. The molecule has 0 spiro atoms. The number of nitrogens with one attached hydrogen (secondary N) is 1. The van der Waals surface area contributed by atoms with E-state index in [4.69, 9.17) is 39.3 Å². The molecule has 0 aliphatic carbocycles. The maximum absolute atomic E-state index is 11.6. The first kappa shape index (κ1) is 25.2. The second kappa shape index (κ2) is 10.8. The van der Waals surface area contributed by atoms with Crippen molar-refractivity contribution >= 4 is 52.7 Å². The molecule has 1 unspecified atom stereocenters. The lowest BCUT2D eigenvalue weighted by Crippen LogP contribution is -2.58. The molecule has 1 aliphatic rings. The summed E-state index contributed by atoms with van der Waals surface area (Å²) in [6.45, 7) is 2.47. The number of aliphatic carboxylic acids is 1. The van der Waals surface area contributed by atoms with Crippen LogP contribution in [0.5, 0.6) is 0 Å². The maximum Gasteiger partial charge on any atom is 0.307 e. The van der Waals surface area contributed by atoms with Gasteiger partial charge in [-0.15, -0.1) is 12.4 Å². The number of primary amides is 1. The van der Waals surface area contributed by atoms with Crippen LogP contribution in [0.15, 0.2) is 40.8 Å². The number of unbranched alkanes of at least 4 members (excludes halogenated alkanes) is 1. The first-order chi connectivity index (χ1) is 13.7. The van der Waals surface area contributed by atoms with Gasteiger partial charge in [0.2, 0.25) is 5.96 Å². The van der Waals surface area contributed by atoms with Crippen molar-refractivity contribution in [1.82, 2.24) is 4.90 Å². The third-order valence-corrected chi connectivity index (χ3v) is 4.61. The number of carboxylic acids is 1. The molecule has 1 atom stereocenters. The number of nitrogens with zero attached hydrogens (tertiary/aromatic N) is 3. The second-order valence-electron chi connectivity index (χ2n) is 6.41. The van der Waals surface area contributed by atoms with E-state index >= 15 is 0 Å². The quantitative estimate of drug-likeness (QED) is 0.300. The molecule has 0 fully saturated rings. The fraction of sp³-hybridized carbons (Fsp3) is 0.333. The summed E-state index contributed by atoms with van der Waals surface area (Å²) in [6.07, 6.45) is 0.472. The van der Waals surface area contributed by atoms with Gasteiger partial charge >= 0.3 is 5.97 Å². The summed E-state index contributed by atoms with van der Waals surface area (Å²) in [7, 11) is 0. The van der Waals surface area contributed by atoms with E-state index in [1.54, 1.807) is 29.2 Å². The summed E-state index contributed by atoms with van der Waals surface area (Å²) < 4.78 is 0. The summed E-state index contributed by atoms with van der Waals surface area (Å²) in [5, 5.41) is 17.5. The van der Waals surface area contributed by atoms with Crippen LogP contribution < -0.4 is 22.1 Å². The van der Waals surface area contributed by atoms with Crippen molar-refractivity contribution in [3.8, 4) is 0 Å². The second-order valence-corrected chi connectivity index (χ2v) is 6.80. The van der Waals surface area contributed by atoms with E-state index in [9.17, 15) is 9.59 Å². The molecule has 0 saturated carbocycles. The number of carboxylic acid groups (broad SMARTS) is 1. The van der Waals surface area contributed by atoms with Gasteiger partial charge in [0.1, 0.15) is 17.2 Å². The Bertz CT molecular complexity index is 871. The molecule has 0 bridgehead atoms. The Morgan fingerprint density at radius 3 is 2.43 bits per heavy atom. The lowest BCUT2D eigenvalue weighted by Gasteiger charge is -2.38. The Labute approximate surface area is 185 Å². The third kappa shape index (κ3) is 5.62. The predicted molar refractivity (Wildman–Crippen MR) is 119 cm³/mol. The monoisotopic (exact) mass is 457 g/mol. The van der Waals surface area contributed by atoms with Gasteiger partial charge in [0, 0.05) is 12.2 Å². The molecule has 0 aromatic heterocycles. The third-order valence-electron chi connectivity index (χ3n) is 4.30. The normalized spacial score (nSPS) is 15.9. The van der Waals surface area contributed by atoms with E-state index in [0.29, 0.717) is 17.8 Å². The number of amides is 1. The molecule has 12 heteroatoms. The van der Waals surface area contributed by atoms with E-state index < -0.39 is 18.0 Å². The van der Waals surface area contributed by atoms with Crippen LogP contribution in [0, 0.1) is 5.41 Å². The number of halogens is 2. The highest BCUT2D eigenvalue weighted by Gasteiger charge is 2.34. The number of carbonyl (C=O) groups is 2. The lowest BCUT2D eigenvalue weighted by atomic mass is 10.1. The minimum Gasteiger partial charge on any atom is -0.481 e. The van der Waals surface area contributed by atoms with Gasteiger partial charge in [0.25, 0.3) is 5.91 Å². The summed E-state index contributed by atoms with van der Waals surface area (Å²) >= 11 is 6.05. The van der Waals surface area contributed by atoms with Crippen molar-refractivity contribution in [2.75, 3.05) is 11.4 Å². The van der Waals surface area contributed by atoms with Gasteiger partial charge in [-0.2, -0.15) is 0 Å². The first-order valence-electron chi connectivity index (χ1n) is 8.92. The Morgan fingerprint density at radius 1 is 1.33 bits per heavy atom. The van der Waals surface area contributed by atoms with E-state index in [2.05, 4.69) is 4.99 Å². The van der Waals surface area contributed by atoms with Gasteiger partial charge in [-0.05, 0) is 24.1 Å². The number of hydrogen-bond donors (Lipinski definition) is 5. The molecule has 10 nitrogen and oxygen atoms in total. The number of hydrogen-bond acceptors (Lipinski definition) is 6. The fourth-order valence-corrected chi connectivity index (χ4v) is 2.98. The molecular weight excluding hydrogens is 433 g/mol. The first-order valence-corrected chi connectivity index (χ1v) is 9.30. The zero-order chi connectivity index (χ0) is 21.7. The Morgan fingerprint density at radius 2 is 1.93 bits per heavy atom. The zero-order valence-corrected chi connectivity index (χ0v) is 17.9. The molecule has 1 aliphatic heterocycles. The number of anilines is 1. The molecule has 30 heavy (non-hydrogen) atoms. The molecule has 2 rings (SSSR count). The van der Waals surface area contributed by atoms with Crippen molar-refractivity contribution in [2.45, 2.75) is 32.4 Å². The van der Waals surface area contributed by atoms with Crippen LogP contribution in [-0.4, -0.2) is 45.7 Å². The molecule has 1 aromatic carbocycles. The van der Waals surface area contributed by atoms with Gasteiger partial charge in [-0.1, -0.05) is 37.1 Å². The predicted octanol–water partition coefficient (Wildman–Crippen LogP) is 1.13. The van der Waals surface area contributed by atoms with Crippen molar-refractivity contribution < 1.29 is 14.7 Å². The fourth-order valence-electron chi connectivity index (χ4n) is 2.80. The molecule has 1 heterocycles. The standard InChI is InChI=1S/C18H24ClN7O3.ClH/c1-2-3-8-25(11-6-4-10(5-7-11)9-12(27)28)18(23)26-15(20)13(17(22)29)24-14(19)16(26)21;/h4-7,16,23H,2-3,8-9,20-21H2,1H3,(H2,22,29)(H,27,28);1H. The molecule has 0 radical (unpaired) electrons. The van der Waals surface area contributed by atoms with E-state index in [1.807, 2.05) is 6.92 Å². The van der Waals surface area contributed by atoms with Gasteiger partial charge < -0.3 is 27.2 Å². The van der Waals surface area contributed by atoms with Crippen molar-refractivity contribution in [1.29, 1.82) is 5.41 Å². The SMILES string of the molecule is CCCCN(C(=N)N1C(N)=C(C(N)=O)N=C(Cl)C1N)c1ccc(CC(=O)O)cc1.Cl. The van der Waals surface area contributed by atoms with Crippen LogP contribution in [0.3, 0.4) is 0 Å². The van der Waals surface area contributed by atoms with Crippen LogP contribution in [0.1, 0.15) is 25.3 Å². The minimum atomic E-state index is -1.05. The summed E-state index contributed by atoms with van der Waals surface area (Å²) in [4.78, 5) is 29.2. The average molecular weight is 458 g/mol. The topological polar surface area (TPSA) is 175 Å². The van der Waals surface area contributed by atoms with Gasteiger partial charge in [-0.3, -0.25) is 19.9 Å². The maximum atomic E-state index is 11.6. The van der Waals surface area contributed by atoms with Crippen LogP contribution in [-0.2, 0) is 16.0 Å². The van der Waals surface area contributed by atoms with Gasteiger partial charge in [0.05, 0.1) is 6.42 Å². The highest BCUT2D eigenvalue weighted by atomic mass is 35.5. The molecule has 0 saturated heterocycles. The molecular formula is C18H25Cl2N7O3. The number of guanidine groups is 1. The Hall–Kier alpha value is -2.82. The molecule has 8 N–H and O–H groups in total.